The molecule has 4 heteroatoms. The number of amides is 1. The van der Waals surface area contributed by atoms with E-state index in [0.717, 1.165) is 5.69 Å². The third-order valence-corrected chi connectivity index (χ3v) is 2.99. The summed E-state index contributed by atoms with van der Waals surface area (Å²) in [5.41, 5.74) is 6.11. The van der Waals surface area contributed by atoms with Crippen molar-refractivity contribution in [3.05, 3.63) is 23.8 Å². The number of nitrogens with one attached hydrogen (secondary N) is 1. The Balaban J connectivity index is 2.11. The fraction of sp³-hybridized carbons (Fsp3) is 0.417. The Kier molecular flexibility index (Phi) is 2.99. The van der Waals surface area contributed by atoms with Crippen molar-refractivity contribution in [2.45, 2.75) is 31.7 Å². The lowest BCUT2D eigenvalue weighted by Gasteiger charge is -2.14. The number of aromatic hydroxyl groups is 1. The van der Waals surface area contributed by atoms with Gasteiger partial charge in [-0.15, -0.1) is 0 Å². The molecule has 0 bridgehead atoms. The van der Waals surface area contributed by atoms with Gasteiger partial charge < -0.3 is 16.2 Å². The van der Waals surface area contributed by atoms with E-state index in [1.54, 1.807) is 18.2 Å². The van der Waals surface area contributed by atoms with Crippen LogP contribution in [0.1, 0.15) is 36.0 Å². The standard InChI is InChI=1S/C12H16N2O2/c13-12(16)10-6-5-9(7-11(10)15)14-8-3-1-2-4-8/h5-8,14-15H,1-4H2,(H2,13,16). The van der Waals surface area contributed by atoms with Crippen molar-refractivity contribution in [1.82, 2.24) is 0 Å². The first-order valence-electron chi connectivity index (χ1n) is 5.56. The average Bonchev–Trinajstić information content (AvgIpc) is 2.70. The highest BCUT2D eigenvalue weighted by Crippen LogP contribution is 2.26. The van der Waals surface area contributed by atoms with Crippen LogP contribution in [0.5, 0.6) is 5.75 Å². The van der Waals surface area contributed by atoms with Gasteiger partial charge in [-0.25, -0.2) is 0 Å². The van der Waals surface area contributed by atoms with Crippen LogP contribution in [0.15, 0.2) is 18.2 Å². The lowest BCUT2D eigenvalue weighted by molar-refractivity contribution is 0.0998. The van der Waals surface area contributed by atoms with Crippen molar-refractivity contribution in [3.8, 4) is 5.75 Å². The number of hydrogen-bond donors (Lipinski definition) is 3. The quantitative estimate of drug-likeness (QED) is 0.727. The zero-order valence-electron chi connectivity index (χ0n) is 9.07. The molecule has 0 aromatic heterocycles. The minimum absolute atomic E-state index is 0.0597. The van der Waals surface area contributed by atoms with E-state index in [4.69, 9.17) is 5.73 Å². The molecule has 86 valence electrons. The Labute approximate surface area is 94.5 Å². The van der Waals surface area contributed by atoms with Crippen LogP contribution in [0.3, 0.4) is 0 Å². The van der Waals surface area contributed by atoms with Crippen LogP contribution in [0.2, 0.25) is 0 Å². The van der Waals surface area contributed by atoms with Gasteiger partial charge in [0.2, 0.25) is 0 Å². The van der Waals surface area contributed by atoms with Crippen LogP contribution in [0.25, 0.3) is 0 Å². The van der Waals surface area contributed by atoms with Gasteiger partial charge in [0.15, 0.2) is 0 Å². The van der Waals surface area contributed by atoms with Gasteiger partial charge >= 0.3 is 0 Å². The first kappa shape index (κ1) is 10.8. The van der Waals surface area contributed by atoms with Gasteiger partial charge in [-0.05, 0) is 25.0 Å². The molecular weight excluding hydrogens is 204 g/mol. The molecule has 0 heterocycles. The molecule has 1 aromatic carbocycles. The third-order valence-electron chi connectivity index (χ3n) is 2.99. The molecule has 1 amide bonds. The van der Waals surface area contributed by atoms with E-state index in [1.165, 1.54) is 25.7 Å². The van der Waals surface area contributed by atoms with Crippen LogP contribution in [-0.2, 0) is 0 Å². The van der Waals surface area contributed by atoms with Crippen LogP contribution < -0.4 is 11.1 Å². The van der Waals surface area contributed by atoms with Gasteiger partial charge in [0.05, 0.1) is 5.56 Å². The lowest BCUT2D eigenvalue weighted by Crippen LogP contribution is -2.15. The molecule has 1 saturated carbocycles. The molecule has 0 unspecified atom stereocenters. The monoisotopic (exact) mass is 220 g/mol. The molecule has 4 nitrogen and oxygen atoms in total. The second kappa shape index (κ2) is 4.43. The molecule has 1 aliphatic carbocycles. The summed E-state index contributed by atoms with van der Waals surface area (Å²) in [6.07, 6.45) is 4.84. The molecule has 1 aromatic rings. The Morgan fingerprint density at radius 3 is 2.62 bits per heavy atom. The number of rotatable bonds is 3. The molecule has 0 radical (unpaired) electrons. The van der Waals surface area contributed by atoms with Crippen LogP contribution >= 0.6 is 0 Å². The van der Waals surface area contributed by atoms with E-state index in [9.17, 15) is 9.90 Å². The number of phenols is 1. The SMILES string of the molecule is NC(=O)c1ccc(NC2CCCC2)cc1O. The van der Waals surface area contributed by atoms with E-state index in [2.05, 4.69) is 5.32 Å². The minimum atomic E-state index is -0.607. The molecule has 1 fully saturated rings. The summed E-state index contributed by atoms with van der Waals surface area (Å²) in [4.78, 5) is 10.9. The molecule has 0 aliphatic heterocycles. The predicted molar refractivity (Wildman–Crippen MR) is 62.5 cm³/mol. The number of carbonyl (C=O) groups excluding carboxylic acids is 1. The van der Waals surface area contributed by atoms with Crippen molar-refractivity contribution in [3.63, 3.8) is 0 Å². The summed E-state index contributed by atoms with van der Waals surface area (Å²) in [6, 6.07) is 5.37. The Morgan fingerprint density at radius 2 is 2.06 bits per heavy atom. The smallest absolute Gasteiger partial charge is 0.252 e. The number of primary amides is 1. The lowest BCUT2D eigenvalue weighted by atomic mass is 10.1. The first-order valence-corrected chi connectivity index (χ1v) is 5.56. The molecule has 4 N–H and O–H groups in total. The van der Waals surface area contributed by atoms with Gasteiger partial charge in [-0.2, -0.15) is 0 Å². The summed E-state index contributed by atoms with van der Waals surface area (Å²) < 4.78 is 0. The Morgan fingerprint density at radius 1 is 1.38 bits per heavy atom. The predicted octanol–water partition coefficient (Wildman–Crippen LogP) is 1.85. The van der Waals surface area contributed by atoms with Gasteiger partial charge in [0.25, 0.3) is 5.91 Å². The minimum Gasteiger partial charge on any atom is -0.507 e. The van der Waals surface area contributed by atoms with Crippen molar-refractivity contribution in [2.24, 2.45) is 5.73 Å². The second-order valence-corrected chi connectivity index (χ2v) is 4.22. The van der Waals surface area contributed by atoms with Crippen LogP contribution in [-0.4, -0.2) is 17.1 Å². The third kappa shape index (κ3) is 2.27. The van der Waals surface area contributed by atoms with E-state index < -0.39 is 5.91 Å². The zero-order valence-corrected chi connectivity index (χ0v) is 9.07. The average molecular weight is 220 g/mol. The van der Waals surface area contributed by atoms with Crippen molar-refractivity contribution >= 4 is 11.6 Å². The summed E-state index contributed by atoms with van der Waals surface area (Å²) in [6.45, 7) is 0. The highest BCUT2D eigenvalue weighted by atomic mass is 16.3. The van der Waals surface area contributed by atoms with Crippen molar-refractivity contribution in [2.75, 3.05) is 5.32 Å². The van der Waals surface area contributed by atoms with Gasteiger partial charge in [-0.3, -0.25) is 4.79 Å². The maximum Gasteiger partial charge on any atom is 0.252 e. The maximum atomic E-state index is 10.9. The number of benzene rings is 1. The van der Waals surface area contributed by atoms with Crippen LogP contribution in [0, 0.1) is 0 Å². The summed E-state index contributed by atoms with van der Waals surface area (Å²) in [7, 11) is 0. The number of carbonyl (C=O) groups is 1. The molecular formula is C12H16N2O2. The van der Waals surface area contributed by atoms with Crippen molar-refractivity contribution in [1.29, 1.82) is 0 Å². The largest absolute Gasteiger partial charge is 0.507 e. The fourth-order valence-corrected chi connectivity index (χ4v) is 2.14. The molecule has 2 rings (SSSR count). The first-order chi connectivity index (χ1) is 7.66. The molecule has 0 saturated heterocycles. The van der Waals surface area contributed by atoms with Gasteiger partial charge in [0, 0.05) is 17.8 Å². The van der Waals surface area contributed by atoms with Crippen LogP contribution in [0.4, 0.5) is 5.69 Å². The number of nitrogens with two attached hydrogens (primary N) is 1. The summed E-state index contributed by atoms with van der Waals surface area (Å²) in [5.74, 6) is -0.666. The van der Waals surface area contributed by atoms with E-state index in [0.29, 0.717) is 6.04 Å². The number of hydrogen-bond acceptors (Lipinski definition) is 3. The highest BCUT2D eigenvalue weighted by molar-refractivity contribution is 5.96. The summed E-state index contributed by atoms with van der Waals surface area (Å²) in [5, 5.41) is 12.9. The molecule has 16 heavy (non-hydrogen) atoms. The maximum absolute atomic E-state index is 10.9. The van der Waals surface area contributed by atoms with E-state index in [-0.39, 0.29) is 11.3 Å². The van der Waals surface area contributed by atoms with E-state index >= 15 is 0 Å². The van der Waals surface area contributed by atoms with E-state index in [1.807, 2.05) is 0 Å². The zero-order chi connectivity index (χ0) is 11.5. The fourth-order valence-electron chi connectivity index (χ4n) is 2.14. The highest BCUT2D eigenvalue weighted by Gasteiger charge is 2.15. The van der Waals surface area contributed by atoms with Crippen molar-refractivity contribution < 1.29 is 9.90 Å². The number of anilines is 1. The van der Waals surface area contributed by atoms with Gasteiger partial charge in [-0.1, -0.05) is 12.8 Å². The topological polar surface area (TPSA) is 75.4 Å². The summed E-state index contributed by atoms with van der Waals surface area (Å²) >= 11 is 0. The molecule has 0 spiro atoms. The Hall–Kier alpha value is -1.71. The normalized spacial score (nSPS) is 16.2. The second-order valence-electron chi connectivity index (χ2n) is 4.22. The van der Waals surface area contributed by atoms with Gasteiger partial charge in [0.1, 0.15) is 5.75 Å². The Bertz CT molecular complexity index is 398. The molecule has 0 atom stereocenters. The molecule has 1 aliphatic rings.